The Hall–Kier alpha value is -1.49. The lowest BCUT2D eigenvalue weighted by atomic mass is 9.99. The zero-order valence-corrected chi connectivity index (χ0v) is 10.7. The molecule has 0 amide bonds. The maximum absolute atomic E-state index is 12.9. The van der Waals surface area contributed by atoms with Crippen LogP contribution in [0.4, 0.5) is 18.9 Å². The molecule has 0 aliphatic carbocycles. The summed E-state index contributed by atoms with van der Waals surface area (Å²) in [5.74, 6) is 0. The van der Waals surface area contributed by atoms with Gasteiger partial charge >= 0.3 is 6.18 Å². The van der Waals surface area contributed by atoms with Crippen LogP contribution >= 0.6 is 15.9 Å². The van der Waals surface area contributed by atoms with Crippen molar-refractivity contribution in [3.63, 3.8) is 0 Å². The average molecular weight is 316 g/mol. The highest BCUT2D eigenvalue weighted by molar-refractivity contribution is 9.10. The third-order valence-electron chi connectivity index (χ3n) is 2.48. The predicted octanol–water partition coefficient (Wildman–Crippen LogP) is 4.72. The smallest absolute Gasteiger partial charge is 0.399 e. The van der Waals surface area contributed by atoms with Gasteiger partial charge in [-0.15, -0.1) is 0 Å². The first kappa shape index (κ1) is 13.0. The largest absolute Gasteiger partial charge is 0.417 e. The molecule has 5 heteroatoms. The Kier molecular flexibility index (Phi) is 3.34. The summed E-state index contributed by atoms with van der Waals surface area (Å²) in [4.78, 5) is 0. The van der Waals surface area contributed by atoms with Crippen molar-refractivity contribution < 1.29 is 13.2 Å². The van der Waals surface area contributed by atoms with Gasteiger partial charge in [0.2, 0.25) is 0 Å². The van der Waals surface area contributed by atoms with E-state index in [2.05, 4.69) is 15.9 Å². The minimum absolute atomic E-state index is 0.0982. The van der Waals surface area contributed by atoms with Crippen molar-refractivity contribution in [2.45, 2.75) is 6.18 Å². The van der Waals surface area contributed by atoms with Gasteiger partial charge in [-0.3, -0.25) is 0 Å². The van der Waals surface area contributed by atoms with Crippen molar-refractivity contribution in [1.82, 2.24) is 0 Å². The van der Waals surface area contributed by atoms with Crippen LogP contribution in [0.15, 0.2) is 46.9 Å². The Bertz CT molecular complexity index is 579. The molecule has 94 valence electrons. The third kappa shape index (κ3) is 2.67. The summed E-state index contributed by atoms with van der Waals surface area (Å²) in [7, 11) is 0. The molecular formula is C13H9BrF3N. The van der Waals surface area contributed by atoms with Crippen LogP contribution in [0, 0.1) is 0 Å². The summed E-state index contributed by atoms with van der Waals surface area (Å²) >= 11 is 3.24. The normalized spacial score (nSPS) is 11.6. The van der Waals surface area contributed by atoms with Gasteiger partial charge in [0.15, 0.2) is 0 Å². The van der Waals surface area contributed by atoms with Gasteiger partial charge in [0.1, 0.15) is 0 Å². The van der Waals surface area contributed by atoms with E-state index in [4.69, 9.17) is 5.73 Å². The first-order valence-electron chi connectivity index (χ1n) is 5.10. The number of nitrogen functional groups attached to an aromatic ring is 1. The summed E-state index contributed by atoms with van der Waals surface area (Å²) in [5.41, 5.74) is 5.42. The second kappa shape index (κ2) is 4.65. The van der Waals surface area contributed by atoms with Crippen molar-refractivity contribution in [2.75, 3.05) is 5.73 Å². The predicted molar refractivity (Wildman–Crippen MR) is 69.0 cm³/mol. The van der Waals surface area contributed by atoms with Crippen LogP contribution in [0.1, 0.15) is 5.56 Å². The summed E-state index contributed by atoms with van der Waals surface area (Å²) in [6, 6.07) is 10.5. The lowest BCUT2D eigenvalue weighted by Crippen LogP contribution is -2.08. The molecule has 0 saturated heterocycles. The zero-order valence-electron chi connectivity index (χ0n) is 9.13. The van der Waals surface area contributed by atoms with E-state index in [1.807, 2.05) is 0 Å². The Labute approximate surface area is 111 Å². The zero-order chi connectivity index (χ0) is 13.3. The summed E-state index contributed by atoms with van der Waals surface area (Å²) in [5, 5.41) is 0. The van der Waals surface area contributed by atoms with E-state index in [0.717, 1.165) is 10.5 Å². The van der Waals surface area contributed by atoms with Crippen LogP contribution in [0.2, 0.25) is 0 Å². The average Bonchev–Trinajstić information content (AvgIpc) is 2.27. The summed E-state index contributed by atoms with van der Waals surface area (Å²) in [6.07, 6.45) is -4.42. The number of hydrogen-bond donors (Lipinski definition) is 1. The monoisotopic (exact) mass is 315 g/mol. The number of halogens is 4. The molecule has 0 spiro atoms. The number of benzene rings is 2. The van der Waals surface area contributed by atoms with Gasteiger partial charge in [0, 0.05) is 10.2 Å². The SMILES string of the molecule is Nc1ccc(-c2cccc(Br)c2)c(C(F)(F)F)c1. The molecule has 0 heterocycles. The number of nitrogens with two attached hydrogens (primary N) is 1. The second-order valence-electron chi connectivity index (χ2n) is 3.81. The molecule has 0 fully saturated rings. The van der Waals surface area contributed by atoms with Crippen molar-refractivity contribution in [3.05, 3.63) is 52.5 Å². The lowest BCUT2D eigenvalue weighted by molar-refractivity contribution is -0.137. The van der Waals surface area contributed by atoms with E-state index in [-0.39, 0.29) is 11.3 Å². The van der Waals surface area contributed by atoms with E-state index in [1.54, 1.807) is 24.3 Å². The molecule has 0 unspecified atom stereocenters. The topological polar surface area (TPSA) is 26.0 Å². The molecule has 2 aromatic rings. The van der Waals surface area contributed by atoms with Crippen molar-refractivity contribution in [3.8, 4) is 11.1 Å². The van der Waals surface area contributed by atoms with Crippen LogP contribution in [0.3, 0.4) is 0 Å². The van der Waals surface area contributed by atoms with Gasteiger partial charge in [0.25, 0.3) is 0 Å². The fraction of sp³-hybridized carbons (Fsp3) is 0.0769. The minimum Gasteiger partial charge on any atom is -0.399 e. The van der Waals surface area contributed by atoms with E-state index in [0.29, 0.717) is 5.56 Å². The molecule has 0 aromatic heterocycles. The van der Waals surface area contributed by atoms with Gasteiger partial charge in [0.05, 0.1) is 5.56 Å². The van der Waals surface area contributed by atoms with Crippen molar-refractivity contribution in [1.29, 1.82) is 0 Å². The van der Waals surface area contributed by atoms with Gasteiger partial charge in [-0.05, 0) is 35.4 Å². The Morgan fingerprint density at radius 2 is 1.72 bits per heavy atom. The van der Waals surface area contributed by atoms with E-state index >= 15 is 0 Å². The van der Waals surface area contributed by atoms with Gasteiger partial charge in [-0.2, -0.15) is 13.2 Å². The molecule has 2 N–H and O–H groups in total. The standard InChI is InChI=1S/C13H9BrF3N/c14-9-3-1-2-8(6-9)11-5-4-10(18)7-12(11)13(15,16)17/h1-7H,18H2. The molecule has 2 rings (SSSR count). The van der Waals surface area contributed by atoms with Crippen LogP contribution in [0.5, 0.6) is 0 Å². The molecule has 1 nitrogen and oxygen atoms in total. The highest BCUT2D eigenvalue weighted by Gasteiger charge is 2.33. The Morgan fingerprint density at radius 1 is 1.00 bits per heavy atom. The fourth-order valence-electron chi connectivity index (χ4n) is 1.70. The molecule has 0 bridgehead atoms. The molecule has 18 heavy (non-hydrogen) atoms. The summed E-state index contributed by atoms with van der Waals surface area (Å²) < 4.78 is 39.6. The number of anilines is 1. The first-order chi connectivity index (χ1) is 8.38. The first-order valence-corrected chi connectivity index (χ1v) is 5.90. The molecular weight excluding hydrogens is 307 g/mol. The van der Waals surface area contributed by atoms with E-state index in [1.165, 1.54) is 12.1 Å². The number of alkyl halides is 3. The maximum atomic E-state index is 12.9. The van der Waals surface area contributed by atoms with Crippen molar-refractivity contribution in [2.24, 2.45) is 0 Å². The third-order valence-corrected chi connectivity index (χ3v) is 2.98. The van der Waals surface area contributed by atoms with Crippen LogP contribution < -0.4 is 5.73 Å². The Balaban J connectivity index is 2.64. The van der Waals surface area contributed by atoms with Crippen LogP contribution in [-0.2, 0) is 6.18 Å². The lowest BCUT2D eigenvalue weighted by Gasteiger charge is -2.14. The number of hydrogen-bond acceptors (Lipinski definition) is 1. The maximum Gasteiger partial charge on any atom is 0.417 e. The molecule has 2 aromatic carbocycles. The van der Waals surface area contributed by atoms with Crippen LogP contribution in [0.25, 0.3) is 11.1 Å². The fourth-order valence-corrected chi connectivity index (χ4v) is 2.10. The number of rotatable bonds is 1. The quantitative estimate of drug-likeness (QED) is 0.757. The molecule has 0 saturated carbocycles. The molecule has 0 aliphatic rings. The summed E-state index contributed by atoms with van der Waals surface area (Å²) in [6.45, 7) is 0. The van der Waals surface area contributed by atoms with Gasteiger partial charge < -0.3 is 5.73 Å². The Morgan fingerprint density at radius 3 is 2.33 bits per heavy atom. The highest BCUT2D eigenvalue weighted by atomic mass is 79.9. The molecule has 0 atom stereocenters. The van der Waals surface area contributed by atoms with Gasteiger partial charge in [-0.1, -0.05) is 34.1 Å². The van der Waals surface area contributed by atoms with E-state index < -0.39 is 11.7 Å². The van der Waals surface area contributed by atoms with Gasteiger partial charge in [-0.25, -0.2) is 0 Å². The molecule has 0 aliphatic heterocycles. The van der Waals surface area contributed by atoms with E-state index in [9.17, 15) is 13.2 Å². The van der Waals surface area contributed by atoms with Crippen LogP contribution in [-0.4, -0.2) is 0 Å². The molecule has 0 radical (unpaired) electrons. The highest BCUT2D eigenvalue weighted by Crippen LogP contribution is 2.38. The second-order valence-corrected chi connectivity index (χ2v) is 4.73. The minimum atomic E-state index is -4.42. The van der Waals surface area contributed by atoms with Crippen molar-refractivity contribution >= 4 is 21.6 Å².